The lowest BCUT2D eigenvalue weighted by molar-refractivity contribution is 0.0520. The molecule has 1 N–H and O–H groups in total. The van der Waals surface area contributed by atoms with E-state index in [1.54, 1.807) is 24.2 Å². The summed E-state index contributed by atoms with van der Waals surface area (Å²) in [6.45, 7) is 4.88. The van der Waals surface area contributed by atoms with Gasteiger partial charge in [-0.2, -0.15) is 0 Å². The van der Waals surface area contributed by atoms with Crippen LogP contribution in [-0.2, 0) is 7.05 Å². The topological polar surface area (TPSA) is 73.7 Å². The number of urea groups is 1. The number of anilines is 2. The minimum atomic E-state index is -1.58. The molecule has 3 aromatic rings. The maximum atomic E-state index is 13.5. The third-order valence-corrected chi connectivity index (χ3v) is 6.84. The molecule has 0 spiro atoms. The molecule has 0 bridgehead atoms. The number of aromatic nitrogens is 2. The Bertz CT molecular complexity index is 1340. The van der Waals surface area contributed by atoms with E-state index in [1.807, 2.05) is 12.1 Å². The maximum absolute atomic E-state index is 13.5. The minimum absolute atomic E-state index is 0.0179. The van der Waals surface area contributed by atoms with Gasteiger partial charge in [-0.05, 0) is 19.1 Å². The van der Waals surface area contributed by atoms with Gasteiger partial charge in [-0.3, -0.25) is 14.3 Å². The molecular formula is C24H25F3N6O2. The summed E-state index contributed by atoms with van der Waals surface area (Å²) in [6, 6.07) is 6.56. The first kappa shape index (κ1) is 23.2. The summed E-state index contributed by atoms with van der Waals surface area (Å²) < 4.78 is 41.8. The van der Waals surface area contributed by atoms with E-state index in [0.717, 1.165) is 23.2 Å². The second kappa shape index (κ2) is 8.88. The van der Waals surface area contributed by atoms with Crippen molar-refractivity contribution in [2.45, 2.75) is 19.0 Å². The third kappa shape index (κ3) is 4.20. The smallest absolute Gasteiger partial charge is 0.321 e. The van der Waals surface area contributed by atoms with E-state index in [2.05, 4.69) is 27.0 Å². The van der Waals surface area contributed by atoms with Crippen molar-refractivity contribution in [2.75, 3.05) is 42.9 Å². The van der Waals surface area contributed by atoms with Crippen LogP contribution >= 0.6 is 0 Å². The van der Waals surface area contributed by atoms with Crippen molar-refractivity contribution in [2.24, 2.45) is 7.05 Å². The highest BCUT2D eigenvalue weighted by Crippen LogP contribution is 2.29. The molecule has 2 aromatic heterocycles. The Kier molecular flexibility index (Phi) is 5.87. The van der Waals surface area contributed by atoms with Crippen molar-refractivity contribution in [1.82, 2.24) is 19.4 Å². The van der Waals surface area contributed by atoms with Crippen LogP contribution < -0.4 is 15.8 Å². The van der Waals surface area contributed by atoms with Crippen molar-refractivity contribution >= 4 is 28.4 Å². The number of rotatable bonds is 2. The molecule has 184 valence electrons. The Balaban J connectivity index is 1.36. The van der Waals surface area contributed by atoms with Gasteiger partial charge in [-0.15, -0.1) is 0 Å². The molecule has 0 unspecified atom stereocenters. The van der Waals surface area contributed by atoms with Crippen LogP contribution in [0.15, 0.2) is 41.3 Å². The molecule has 35 heavy (non-hydrogen) atoms. The molecule has 2 amide bonds. The zero-order valence-corrected chi connectivity index (χ0v) is 19.3. The zero-order valence-electron chi connectivity index (χ0n) is 19.3. The first-order valence-corrected chi connectivity index (χ1v) is 11.4. The van der Waals surface area contributed by atoms with E-state index < -0.39 is 23.5 Å². The van der Waals surface area contributed by atoms with Crippen LogP contribution in [0.25, 0.3) is 11.0 Å². The number of pyridine rings is 2. The molecule has 0 saturated carbocycles. The van der Waals surface area contributed by atoms with E-state index in [1.165, 1.54) is 4.57 Å². The largest absolute Gasteiger partial charge is 0.368 e. The minimum Gasteiger partial charge on any atom is -0.368 e. The van der Waals surface area contributed by atoms with Gasteiger partial charge in [-0.25, -0.2) is 22.9 Å². The molecule has 2 saturated heterocycles. The number of amides is 2. The molecule has 2 aliphatic heterocycles. The normalized spacial score (nSPS) is 20.7. The van der Waals surface area contributed by atoms with Gasteiger partial charge < -0.3 is 15.1 Å². The van der Waals surface area contributed by atoms with E-state index in [0.29, 0.717) is 38.4 Å². The van der Waals surface area contributed by atoms with Crippen LogP contribution in [0.3, 0.4) is 0 Å². The van der Waals surface area contributed by atoms with Crippen molar-refractivity contribution in [1.29, 1.82) is 0 Å². The van der Waals surface area contributed by atoms with Crippen LogP contribution in [0.4, 0.5) is 29.3 Å². The fourth-order valence-corrected chi connectivity index (χ4v) is 5.10. The Morgan fingerprint density at radius 2 is 1.83 bits per heavy atom. The molecule has 2 atom stereocenters. The van der Waals surface area contributed by atoms with Gasteiger partial charge in [0.2, 0.25) is 0 Å². The molecular weight excluding hydrogens is 461 g/mol. The number of hydrogen-bond donors (Lipinski definition) is 1. The Labute approximate surface area is 199 Å². The standard InChI is InChI=1S/C24H25F3N6O2/c1-14-11-32(20-10-21(34)30(2)23-17(20)4-3-5-28-23)13-16-12-31(6-7-33(14)16)24(35)29-15-8-18(25)22(27)19(26)9-15/h3-5,8-10,14,16H,6-7,11-13H2,1-2H3,(H,29,35)/t14-,16-/m0/s1. The van der Waals surface area contributed by atoms with Gasteiger partial charge >= 0.3 is 6.03 Å². The van der Waals surface area contributed by atoms with E-state index in [-0.39, 0.29) is 23.3 Å². The summed E-state index contributed by atoms with van der Waals surface area (Å²) in [7, 11) is 1.69. The SMILES string of the molecule is C[C@H]1CN(c2cc(=O)n(C)c3ncccc23)C[C@@H]2CN(C(=O)Nc3cc(F)c(F)c(F)c3)CCN21. The molecule has 0 radical (unpaired) electrons. The highest BCUT2D eigenvalue weighted by Gasteiger charge is 2.38. The van der Waals surface area contributed by atoms with Crippen molar-refractivity contribution in [3.05, 3.63) is 64.3 Å². The van der Waals surface area contributed by atoms with Crippen molar-refractivity contribution in [3.8, 4) is 0 Å². The molecule has 1 aromatic carbocycles. The first-order valence-electron chi connectivity index (χ1n) is 11.4. The van der Waals surface area contributed by atoms with Crippen LogP contribution in [0, 0.1) is 17.5 Å². The van der Waals surface area contributed by atoms with Gasteiger partial charge in [0, 0.05) is 87.3 Å². The van der Waals surface area contributed by atoms with Gasteiger partial charge in [0.15, 0.2) is 17.5 Å². The average Bonchev–Trinajstić information content (AvgIpc) is 2.84. The fourth-order valence-electron chi connectivity index (χ4n) is 5.10. The number of benzene rings is 1. The summed E-state index contributed by atoms with van der Waals surface area (Å²) >= 11 is 0. The number of aryl methyl sites for hydroxylation is 1. The number of piperazine rings is 2. The number of carbonyl (C=O) groups is 1. The lowest BCUT2D eigenvalue weighted by atomic mass is 10.0. The lowest BCUT2D eigenvalue weighted by Crippen LogP contribution is -2.66. The summed E-state index contributed by atoms with van der Waals surface area (Å²) in [6.07, 6.45) is 1.66. The Morgan fingerprint density at radius 3 is 2.57 bits per heavy atom. The number of hydrogen-bond acceptors (Lipinski definition) is 5. The van der Waals surface area contributed by atoms with Gasteiger partial charge in [0.05, 0.1) is 5.69 Å². The number of nitrogens with one attached hydrogen (secondary N) is 1. The summed E-state index contributed by atoms with van der Waals surface area (Å²) in [5, 5.41) is 3.34. The molecule has 4 heterocycles. The third-order valence-electron chi connectivity index (χ3n) is 6.84. The molecule has 0 aliphatic carbocycles. The Hall–Kier alpha value is -3.60. The van der Waals surface area contributed by atoms with Crippen LogP contribution in [-0.4, -0.2) is 70.2 Å². The highest BCUT2D eigenvalue weighted by atomic mass is 19.2. The molecule has 2 fully saturated rings. The first-order chi connectivity index (χ1) is 16.7. The number of carbonyl (C=O) groups excluding carboxylic acids is 1. The number of fused-ring (bicyclic) bond motifs is 2. The van der Waals surface area contributed by atoms with Gasteiger partial charge in [0.1, 0.15) is 5.65 Å². The molecule has 8 nitrogen and oxygen atoms in total. The number of nitrogens with zero attached hydrogens (tertiary/aromatic N) is 5. The predicted octanol–water partition coefficient (Wildman–Crippen LogP) is 2.78. The van der Waals surface area contributed by atoms with Crippen molar-refractivity contribution in [3.63, 3.8) is 0 Å². The summed E-state index contributed by atoms with van der Waals surface area (Å²) in [5.41, 5.74) is 1.12. The maximum Gasteiger partial charge on any atom is 0.321 e. The van der Waals surface area contributed by atoms with Gasteiger partial charge in [0.25, 0.3) is 5.56 Å². The molecule has 2 aliphatic rings. The highest BCUT2D eigenvalue weighted by molar-refractivity contribution is 5.90. The van der Waals surface area contributed by atoms with Crippen LogP contribution in [0.1, 0.15) is 6.92 Å². The number of halogens is 3. The second-order valence-electron chi connectivity index (χ2n) is 9.08. The summed E-state index contributed by atoms with van der Waals surface area (Å²) in [5.74, 6) is -4.30. The van der Waals surface area contributed by atoms with Gasteiger partial charge in [-0.1, -0.05) is 0 Å². The second-order valence-corrected chi connectivity index (χ2v) is 9.08. The molecule has 5 rings (SSSR count). The summed E-state index contributed by atoms with van der Waals surface area (Å²) in [4.78, 5) is 35.9. The van der Waals surface area contributed by atoms with E-state index in [4.69, 9.17) is 0 Å². The van der Waals surface area contributed by atoms with Crippen LogP contribution in [0.5, 0.6) is 0 Å². The fraction of sp³-hybridized carbons (Fsp3) is 0.375. The Morgan fingerprint density at radius 1 is 1.09 bits per heavy atom. The average molecular weight is 486 g/mol. The van der Waals surface area contributed by atoms with Crippen molar-refractivity contribution < 1.29 is 18.0 Å². The molecule has 11 heteroatoms. The lowest BCUT2D eigenvalue weighted by Gasteiger charge is -2.51. The predicted molar refractivity (Wildman–Crippen MR) is 126 cm³/mol. The van der Waals surface area contributed by atoms with E-state index >= 15 is 0 Å². The monoisotopic (exact) mass is 486 g/mol. The zero-order chi connectivity index (χ0) is 24.9. The quantitative estimate of drug-likeness (QED) is 0.564. The van der Waals surface area contributed by atoms with E-state index in [9.17, 15) is 22.8 Å². The van der Waals surface area contributed by atoms with Crippen LogP contribution in [0.2, 0.25) is 0 Å².